The molecule has 0 radical (unpaired) electrons. The topological polar surface area (TPSA) is 0 Å². The van der Waals surface area contributed by atoms with Crippen LogP contribution in [0.3, 0.4) is 0 Å². The van der Waals surface area contributed by atoms with Crippen LogP contribution in [0.4, 0.5) is 0 Å². The van der Waals surface area contributed by atoms with Gasteiger partial charge in [0.1, 0.15) is 0 Å². The first kappa shape index (κ1) is 18.5. The minimum Gasteiger partial charge on any atom is -0.147 e. The Kier molecular flexibility index (Phi) is 12.7. The van der Waals surface area contributed by atoms with Crippen LogP contribution in [0.25, 0.3) is 0 Å². The standard InChI is InChI=1S/C8H9.3ClH.V/c1-7-4-3-5-8(2)6-7;;;;/h3-5H,1-2H3;3*1H;. The molecule has 0 heterocycles. The summed E-state index contributed by atoms with van der Waals surface area (Å²) in [5.41, 5.74) is 2.71. The molecule has 0 saturated heterocycles. The maximum absolute atomic E-state index is 2.60. The fraction of sp³-hybridized carbons (Fsp3) is 0.250. The van der Waals surface area contributed by atoms with Crippen molar-refractivity contribution < 1.29 is 17.4 Å². The summed E-state index contributed by atoms with van der Waals surface area (Å²) in [7, 11) is 0. The molecule has 0 spiro atoms. The molecule has 0 N–H and O–H groups in total. The Balaban J connectivity index is -0.000000270. The largest absolute Gasteiger partial charge is 0.147 e. The van der Waals surface area contributed by atoms with Crippen LogP contribution in [0.5, 0.6) is 0 Å². The maximum Gasteiger partial charge on any atom is -0.147 e. The van der Waals surface area contributed by atoms with Crippen LogP contribution in [-0.2, 0) is 17.4 Å². The van der Waals surface area contributed by atoms with Crippen molar-refractivity contribution in [1.82, 2.24) is 0 Å². The smallest absolute Gasteiger partial charge is 0.147 e. The second kappa shape index (κ2) is 8.28. The van der Waals surface area contributed by atoms with E-state index in [1.807, 2.05) is 0 Å². The maximum atomic E-state index is 2.60. The van der Waals surface area contributed by atoms with Gasteiger partial charge in [-0.25, -0.2) is 0 Å². The first-order valence-corrected chi connectivity index (χ1v) is 3.67. The fourth-order valence-electron chi connectivity index (χ4n) is 0.806. The van der Waals surface area contributed by atoms with Crippen LogP contribution >= 0.6 is 37.2 Å². The number of benzene rings is 1. The van der Waals surface area contributed by atoms with Gasteiger partial charge in [0.2, 0.25) is 0 Å². The summed E-state index contributed by atoms with van der Waals surface area (Å²) >= 11 is 2.60. The molecule has 0 unspecified atom stereocenters. The number of halogens is 3. The fourth-order valence-corrected chi connectivity index (χ4v) is 1.04. The van der Waals surface area contributed by atoms with Gasteiger partial charge in [-0.2, -0.15) is 0 Å². The van der Waals surface area contributed by atoms with Gasteiger partial charge < -0.3 is 0 Å². The van der Waals surface area contributed by atoms with E-state index >= 15 is 0 Å². The zero-order chi connectivity index (χ0) is 6.85. The Morgan fingerprint density at radius 2 is 1.25 bits per heavy atom. The molecule has 0 saturated carbocycles. The molecule has 0 bridgehead atoms. The zero-order valence-corrected chi connectivity index (χ0v) is 10.8. The molecule has 4 heteroatoms. The summed E-state index contributed by atoms with van der Waals surface area (Å²) < 4.78 is 1.35. The van der Waals surface area contributed by atoms with E-state index in [1.54, 1.807) is 0 Å². The molecule has 1 aromatic rings. The van der Waals surface area contributed by atoms with Crippen LogP contribution in [0, 0.1) is 13.8 Å². The van der Waals surface area contributed by atoms with Crippen LogP contribution < -0.4 is 4.28 Å². The molecule has 1 aromatic carbocycles. The van der Waals surface area contributed by atoms with Crippen molar-refractivity contribution in [3.8, 4) is 0 Å². The van der Waals surface area contributed by atoms with Gasteiger partial charge in [0, 0.05) is 0 Å². The monoisotopic (exact) mass is 264 g/mol. The third-order valence-electron chi connectivity index (χ3n) is 1.44. The Morgan fingerprint density at radius 1 is 0.917 bits per heavy atom. The number of hydrogen-bond donors (Lipinski definition) is 0. The van der Waals surface area contributed by atoms with E-state index in [0.717, 1.165) is 0 Å². The van der Waals surface area contributed by atoms with Crippen molar-refractivity contribution in [1.29, 1.82) is 0 Å². The van der Waals surface area contributed by atoms with E-state index in [-0.39, 0.29) is 37.2 Å². The van der Waals surface area contributed by atoms with Crippen LogP contribution in [0.1, 0.15) is 11.1 Å². The first-order chi connectivity index (χ1) is 4.22. The Hall–Kier alpha value is 0.674. The summed E-state index contributed by atoms with van der Waals surface area (Å²) in [5.74, 6) is 0. The Bertz CT molecular complexity index is 205. The van der Waals surface area contributed by atoms with Crippen molar-refractivity contribution in [2.45, 2.75) is 13.8 Å². The quantitative estimate of drug-likeness (QED) is 0.677. The molecule has 0 aliphatic rings. The second-order valence-electron chi connectivity index (χ2n) is 2.24. The molecule has 0 amide bonds. The molecule has 0 atom stereocenters. The van der Waals surface area contributed by atoms with Gasteiger partial charge in [0.25, 0.3) is 0 Å². The molecule has 1 rings (SSSR count). The summed E-state index contributed by atoms with van der Waals surface area (Å²) in [5, 5.41) is 0. The molecule has 70 valence electrons. The summed E-state index contributed by atoms with van der Waals surface area (Å²) in [4.78, 5) is 0. The van der Waals surface area contributed by atoms with E-state index in [1.165, 1.54) is 15.4 Å². The van der Waals surface area contributed by atoms with Gasteiger partial charge in [0.05, 0.1) is 0 Å². The van der Waals surface area contributed by atoms with Gasteiger partial charge in [-0.05, 0) is 0 Å². The number of aryl methyl sites for hydroxylation is 2. The van der Waals surface area contributed by atoms with Gasteiger partial charge >= 0.3 is 64.9 Å². The predicted molar refractivity (Wildman–Crippen MR) is 57.3 cm³/mol. The van der Waals surface area contributed by atoms with Crippen molar-refractivity contribution in [2.24, 2.45) is 0 Å². The van der Waals surface area contributed by atoms with E-state index in [0.29, 0.717) is 0 Å². The van der Waals surface area contributed by atoms with Crippen molar-refractivity contribution in [2.75, 3.05) is 0 Å². The average Bonchev–Trinajstić information content (AvgIpc) is 1.83. The van der Waals surface area contributed by atoms with E-state index in [4.69, 9.17) is 0 Å². The van der Waals surface area contributed by atoms with Gasteiger partial charge in [-0.1, -0.05) is 0 Å². The van der Waals surface area contributed by atoms with Gasteiger partial charge in [-0.3, -0.25) is 0 Å². The zero-order valence-electron chi connectivity index (χ0n) is 6.90. The summed E-state index contributed by atoms with van der Waals surface area (Å²) in [6, 6.07) is 6.34. The molecular formula is C8H12Cl3V. The van der Waals surface area contributed by atoms with Crippen molar-refractivity contribution in [3.63, 3.8) is 0 Å². The SMILES string of the molecule is Cc1cccc(C)[c]1[V].Cl.Cl.Cl. The molecule has 0 nitrogen and oxygen atoms in total. The predicted octanol–water partition coefficient (Wildman–Crippen LogP) is 2.74. The summed E-state index contributed by atoms with van der Waals surface area (Å²) in [6.45, 7) is 4.25. The Morgan fingerprint density at radius 3 is 1.50 bits per heavy atom. The molecule has 0 aliphatic carbocycles. The average molecular weight is 265 g/mol. The minimum atomic E-state index is 0. The number of hydrogen-bond acceptors (Lipinski definition) is 0. The molecule has 12 heavy (non-hydrogen) atoms. The van der Waals surface area contributed by atoms with Crippen molar-refractivity contribution >= 4 is 41.5 Å². The normalized spacial score (nSPS) is 7.17. The summed E-state index contributed by atoms with van der Waals surface area (Å²) in [6.07, 6.45) is 0. The van der Waals surface area contributed by atoms with Crippen LogP contribution in [0.15, 0.2) is 18.2 Å². The third kappa shape index (κ3) is 4.64. The number of rotatable bonds is 0. The van der Waals surface area contributed by atoms with E-state index in [9.17, 15) is 0 Å². The van der Waals surface area contributed by atoms with Gasteiger partial charge in [-0.15, -0.1) is 37.2 Å². The van der Waals surface area contributed by atoms with Crippen LogP contribution in [0.2, 0.25) is 0 Å². The molecule has 0 aromatic heterocycles. The minimum absolute atomic E-state index is 0. The van der Waals surface area contributed by atoms with Crippen molar-refractivity contribution in [3.05, 3.63) is 29.3 Å². The Labute approximate surface area is 102 Å². The second-order valence-corrected chi connectivity index (χ2v) is 2.94. The van der Waals surface area contributed by atoms with Gasteiger partial charge in [0.15, 0.2) is 0 Å². The molecule has 0 aliphatic heterocycles. The van der Waals surface area contributed by atoms with E-state index in [2.05, 4.69) is 49.5 Å². The molecular weight excluding hydrogens is 253 g/mol. The van der Waals surface area contributed by atoms with E-state index < -0.39 is 0 Å². The van der Waals surface area contributed by atoms with Crippen LogP contribution in [-0.4, -0.2) is 0 Å². The first-order valence-electron chi connectivity index (χ1n) is 2.97. The molecule has 0 fully saturated rings. The third-order valence-corrected chi connectivity index (χ3v) is 2.54.